The molecule has 2 heterocycles. The molecule has 0 aliphatic carbocycles. The number of amides is 1. The summed E-state index contributed by atoms with van der Waals surface area (Å²) in [5, 5.41) is 0.811. The van der Waals surface area contributed by atoms with Crippen molar-refractivity contribution in [2.24, 2.45) is 0 Å². The van der Waals surface area contributed by atoms with Crippen LogP contribution in [0.15, 0.2) is 41.6 Å². The van der Waals surface area contributed by atoms with Gasteiger partial charge in [-0.2, -0.15) is 0 Å². The van der Waals surface area contributed by atoms with Gasteiger partial charge in [-0.3, -0.25) is 4.79 Å². The van der Waals surface area contributed by atoms with E-state index in [2.05, 4.69) is 54.1 Å². The predicted octanol–water partition coefficient (Wildman–Crippen LogP) is 3.86. The molecule has 5 heteroatoms. The van der Waals surface area contributed by atoms with Gasteiger partial charge in [-0.15, -0.1) is 0 Å². The summed E-state index contributed by atoms with van der Waals surface area (Å²) in [5.41, 5.74) is 7.10. The SMILES string of the molecule is Cc1cc2nc(SCC(=O)N3CCc4ccccc4C3)[nH]c2cc1C. The van der Waals surface area contributed by atoms with Crippen molar-refractivity contribution in [1.29, 1.82) is 0 Å². The Bertz CT molecular complexity index is 908. The smallest absolute Gasteiger partial charge is 0.233 e. The topological polar surface area (TPSA) is 49.0 Å². The number of hydrogen-bond acceptors (Lipinski definition) is 3. The molecule has 0 saturated carbocycles. The molecule has 0 unspecified atom stereocenters. The zero-order valence-corrected chi connectivity index (χ0v) is 15.3. The molecule has 128 valence electrons. The van der Waals surface area contributed by atoms with Crippen LogP contribution in [0.1, 0.15) is 22.3 Å². The van der Waals surface area contributed by atoms with Gasteiger partial charge in [0.05, 0.1) is 16.8 Å². The van der Waals surface area contributed by atoms with Crippen LogP contribution in [0.3, 0.4) is 0 Å². The van der Waals surface area contributed by atoms with Gasteiger partial charge in [0, 0.05) is 13.1 Å². The van der Waals surface area contributed by atoms with E-state index in [4.69, 9.17) is 0 Å². The fraction of sp³-hybridized carbons (Fsp3) is 0.300. The number of benzene rings is 2. The summed E-state index contributed by atoms with van der Waals surface area (Å²) in [6, 6.07) is 12.6. The minimum Gasteiger partial charge on any atom is -0.337 e. The van der Waals surface area contributed by atoms with Crippen molar-refractivity contribution in [2.45, 2.75) is 32.0 Å². The number of H-pyrrole nitrogens is 1. The molecule has 0 saturated heterocycles. The lowest BCUT2D eigenvalue weighted by Crippen LogP contribution is -2.37. The molecule has 1 aliphatic heterocycles. The van der Waals surface area contributed by atoms with E-state index in [1.807, 2.05) is 11.0 Å². The zero-order chi connectivity index (χ0) is 17.4. The van der Waals surface area contributed by atoms with Gasteiger partial charge in [-0.1, -0.05) is 36.0 Å². The first kappa shape index (κ1) is 16.2. The molecule has 1 aliphatic rings. The second-order valence-electron chi connectivity index (χ2n) is 6.62. The Morgan fingerprint density at radius 1 is 1.20 bits per heavy atom. The van der Waals surface area contributed by atoms with Gasteiger partial charge in [0.15, 0.2) is 5.16 Å². The Morgan fingerprint density at radius 3 is 2.80 bits per heavy atom. The lowest BCUT2D eigenvalue weighted by Gasteiger charge is -2.28. The highest BCUT2D eigenvalue weighted by molar-refractivity contribution is 7.99. The minimum atomic E-state index is 0.173. The fourth-order valence-corrected chi connectivity index (χ4v) is 4.03. The van der Waals surface area contributed by atoms with E-state index in [-0.39, 0.29) is 5.91 Å². The van der Waals surface area contributed by atoms with Crippen LogP contribution >= 0.6 is 11.8 Å². The molecule has 1 aromatic heterocycles. The lowest BCUT2D eigenvalue weighted by atomic mass is 10.00. The zero-order valence-electron chi connectivity index (χ0n) is 14.5. The summed E-state index contributed by atoms with van der Waals surface area (Å²) >= 11 is 1.48. The van der Waals surface area contributed by atoms with E-state index in [1.54, 1.807) is 0 Å². The van der Waals surface area contributed by atoms with E-state index in [0.717, 1.165) is 29.2 Å². The van der Waals surface area contributed by atoms with Crippen LogP contribution in [0.4, 0.5) is 0 Å². The highest BCUT2D eigenvalue weighted by atomic mass is 32.2. The van der Waals surface area contributed by atoms with Crippen molar-refractivity contribution in [3.63, 3.8) is 0 Å². The van der Waals surface area contributed by atoms with Crippen LogP contribution in [-0.2, 0) is 17.8 Å². The number of imidazole rings is 1. The van der Waals surface area contributed by atoms with E-state index < -0.39 is 0 Å². The third-order valence-corrected chi connectivity index (χ3v) is 5.75. The van der Waals surface area contributed by atoms with Gasteiger partial charge >= 0.3 is 0 Å². The number of fused-ring (bicyclic) bond motifs is 2. The normalized spacial score (nSPS) is 13.9. The molecular formula is C20H21N3OS. The fourth-order valence-electron chi connectivity index (χ4n) is 3.24. The molecule has 0 atom stereocenters. The molecule has 0 spiro atoms. The molecule has 0 fully saturated rings. The largest absolute Gasteiger partial charge is 0.337 e. The number of aromatic amines is 1. The van der Waals surface area contributed by atoms with Crippen LogP contribution in [0.25, 0.3) is 11.0 Å². The number of hydrogen-bond donors (Lipinski definition) is 1. The second-order valence-corrected chi connectivity index (χ2v) is 7.58. The Labute approximate surface area is 151 Å². The van der Waals surface area contributed by atoms with E-state index in [0.29, 0.717) is 12.3 Å². The van der Waals surface area contributed by atoms with Gasteiger partial charge < -0.3 is 9.88 Å². The number of nitrogens with zero attached hydrogens (tertiary/aromatic N) is 2. The van der Waals surface area contributed by atoms with Gasteiger partial charge in [0.1, 0.15) is 0 Å². The summed E-state index contributed by atoms with van der Waals surface area (Å²) in [4.78, 5) is 22.4. The average Bonchev–Trinajstić information content (AvgIpc) is 3.01. The van der Waals surface area contributed by atoms with Crippen LogP contribution in [-0.4, -0.2) is 33.1 Å². The molecule has 1 amide bonds. The number of carbonyl (C=O) groups excluding carboxylic acids is 1. The minimum absolute atomic E-state index is 0.173. The van der Waals surface area contributed by atoms with Gasteiger partial charge in [0.25, 0.3) is 0 Å². The van der Waals surface area contributed by atoms with Gasteiger partial charge in [-0.05, 0) is 54.7 Å². The molecule has 2 aromatic carbocycles. The van der Waals surface area contributed by atoms with Crippen molar-refractivity contribution < 1.29 is 4.79 Å². The quantitative estimate of drug-likeness (QED) is 0.729. The molecule has 1 N–H and O–H groups in total. The number of aryl methyl sites for hydroxylation is 2. The number of rotatable bonds is 3. The molecule has 4 rings (SSSR count). The van der Waals surface area contributed by atoms with Crippen molar-refractivity contribution in [1.82, 2.24) is 14.9 Å². The average molecular weight is 351 g/mol. The van der Waals surface area contributed by atoms with Crippen molar-refractivity contribution in [3.8, 4) is 0 Å². The first-order chi connectivity index (χ1) is 12.1. The van der Waals surface area contributed by atoms with Crippen molar-refractivity contribution >= 4 is 28.7 Å². The second kappa shape index (κ2) is 6.56. The number of carbonyl (C=O) groups is 1. The van der Waals surface area contributed by atoms with Crippen LogP contribution < -0.4 is 0 Å². The third-order valence-electron chi connectivity index (χ3n) is 4.89. The summed E-state index contributed by atoms with van der Waals surface area (Å²) in [7, 11) is 0. The van der Waals surface area contributed by atoms with Gasteiger partial charge in [-0.25, -0.2) is 4.98 Å². The summed E-state index contributed by atoms with van der Waals surface area (Å²) in [5.74, 6) is 0.590. The monoisotopic (exact) mass is 351 g/mol. The van der Waals surface area contributed by atoms with Crippen LogP contribution in [0.2, 0.25) is 0 Å². The first-order valence-corrected chi connectivity index (χ1v) is 9.53. The maximum Gasteiger partial charge on any atom is 0.233 e. The Morgan fingerprint density at radius 2 is 1.96 bits per heavy atom. The highest BCUT2D eigenvalue weighted by Gasteiger charge is 2.20. The molecule has 3 aromatic rings. The van der Waals surface area contributed by atoms with Crippen molar-refractivity contribution in [3.05, 3.63) is 58.7 Å². The maximum atomic E-state index is 12.6. The Hall–Kier alpha value is -2.27. The number of nitrogens with one attached hydrogen (secondary N) is 1. The summed E-state index contributed by atoms with van der Waals surface area (Å²) < 4.78 is 0. The van der Waals surface area contributed by atoms with E-state index in [9.17, 15) is 4.79 Å². The standard InChI is InChI=1S/C20H21N3OS/c1-13-9-17-18(10-14(13)2)22-20(21-17)25-12-19(24)23-8-7-15-5-3-4-6-16(15)11-23/h3-6,9-10H,7-8,11-12H2,1-2H3,(H,21,22). The molecular weight excluding hydrogens is 330 g/mol. The third kappa shape index (κ3) is 3.29. The first-order valence-electron chi connectivity index (χ1n) is 8.54. The number of aromatic nitrogens is 2. The van der Waals surface area contributed by atoms with Crippen LogP contribution in [0, 0.1) is 13.8 Å². The van der Waals surface area contributed by atoms with Gasteiger partial charge in [0.2, 0.25) is 5.91 Å². The Balaban J connectivity index is 1.42. The lowest BCUT2D eigenvalue weighted by molar-refractivity contribution is -0.129. The maximum absolute atomic E-state index is 12.6. The number of thioether (sulfide) groups is 1. The summed E-state index contributed by atoms with van der Waals surface area (Å²) in [6.45, 7) is 5.71. The molecule has 0 bridgehead atoms. The van der Waals surface area contributed by atoms with E-state index >= 15 is 0 Å². The van der Waals surface area contributed by atoms with Crippen molar-refractivity contribution in [2.75, 3.05) is 12.3 Å². The molecule has 4 nitrogen and oxygen atoms in total. The molecule has 0 radical (unpaired) electrons. The van der Waals surface area contributed by atoms with Crippen LogP contribution in [0.5, 0.6) is 0 Å². The molecule has 25 heavy (non-hydrogen) atoms. The van der Waals surface area contributed by atoms with E-state index in [1.165, 1.54) is 34.0 Å². The Kier molecular flexibility index (Phi) is 4.25. The summed E-state index contributed by atoms with van der Waals surface area (Å²) in [6.07, 6.45) is 0.940. The predicted molar refractivity (Wildman–Crippen MR) is 102 cm³/mol. The highest BCUT2D eigenvalue weighted by Crippen LogP contribution is 2.24.